The minimum atomic E-state index is -0.370. The van der Waals surface area contributed by atoms with Gasteiger partial charge in [-0.3, -0.25) is 0 Å². The van der Waals surface area contributed by atoms with Crippen LogP contribution < -0.4 is 5.32 Å². The molecule has 1 unspecified atom stereocenters. The van der Waals surface area contributed by atoms with E-state index in [1.165, 1.54) is 30.4 Å². The van der Waals surface area contributed by atoms with Gasteiger partial charge in [0.05, 0.1) is 6.10 Å². The van der Waals surface area contributed by atoms with E-state index < -0.39 is 0 Å². The second kappa shape index (κ2) is 5.65. The molecule has 0 aromatic heterocycles. The van der Waals surface area contributed by atoms with Crippen molar-refractivity contribution < 1.29 is 5.11 Å². The first-order valence-electron chi connectivity index (χ1n) is 6.70. The molecular weight excluding hydrogens is 210 g/mol. The Bertz CT molecular complexity index is 373. The highest BCUT2D eigenvalue weighted by atomic mass is 16.3. The molecule has 0 radical (unpaired) electrons. The van der Waals surface area contributed by atoms with Crippen molar-refractivity contribution in [1.82, 2.24) is 5.32 Å². The zero-order valence-corrected chi connectivity index (χ0v) is 10.9. The Labute approximate surface area is 104 Å². The highest BCUT2D eigenvalue weighted by Gasteiger charge is 2.17. The lowest BCUT2D eigenvalue weighted by Gasteiger charge is -2.23. The summed E-state index contributed by atoms with van der Waals surface area (Å²) in [5, 5.41) is 13.6. The summed E-state index contributed by atoms with van der Waals surface area (Å²) in [5.74, 6) is 0. The number of benzene rings is 1. The van der Waals surface area contributed by atoms with Crippen LogP contribution in [0.3, 0.4) is 0 Å². The molecule has 94 valence electrons. The lowest BCUT2D eigenvalue weighted by Crippen LogP contribution is -2.28. The van der Waals surface area contributed by atoms with Crippen molar-refractivity contribution in [1.29, 1.82) is 0 Å². The minimum absolute atomic E-state index is 0.370. The topological polar surface area (TPSA) is 32.3 Å². The highest BCUT2D eigenvalue weighted by Crippen LogP contribution is 2.28. The molecule has 1 atom stereocenters. The van der Waals surface area contributed by atoms with Crippen LogP contribution in [0.2, 0.25) is 0 Å². The number of aliphatic hydroxyl groups excluding tert-OH is 1. The van der Waals surface area contributed by atoms with Crippen LogP contribution in [0.1, 0.15) is 49.5 Å². The van der Waals surface area contributed by atoms with E-state index in [0.29, 0.717) is 12.6 Å². The minimum Gasteiger partial charge on any atom is -0.387 e. The quantitative estimate of drug-likeness (QED) is 0.838. The smallest absolute Gasteiger partial charge is 0.0917 e. The van der Waals surface area contributed by atoms with Crippen molar-refractivity contribution in [3.8, 4) is 0 Å². The summed E-state index contributed by atoms with van der Waals surface area (Å²) in [5.41, 5.74) is 3.98. The third-order valence-electron chi connectivity index (χ3n) is 3.51. The summed E-state index contributed by atoms with van der Waals surface area (Å²) in [6.45, 7) is 4.86. The van der Waals surface area contributed by atoms with Crippen LogP contribution in [-0.2, 0) is 12.8 Å². The Morgan fingerprint density at radius 2 is 2.00 bits per heavy atom. The molecule has 0 fully saturated rings. The van der Waals surface area contributed by atoms with Crippen molar-refractivity contribution >= 4 is 0 Å². The average Bonchev–Trinajstić information content (AvgIpc) is 2.35. The molecule has 1 aromatic carbocycles. The highest BCUT2D eigenvalue weighted by molar-refractivity contribution is 5.38. The first kappa shape index (κ1) is 12.6. The first-order valence-corrected chi connectivity index (χ1v) is 6.70. The van der Waals surface area contributed by atoms with Gasteiger partial charge in [-0.1, -0.05) is 32.0 Å². The van der Waals surface area contributed by atoms with E-state index in [-0.39, 0.29) is 6.10 Å². The van der Waals surface area contributed by atoms with Crippen molar-refractivity contribution in [2.45, 2.75) is 51.7 Å². The molecule has 0 spiro atoms. The van der Waals surface area contributed by atoms with Gasteiger partial charge in [0, 0.05) is 12.6 Å². The van der Waals surface area contributed by atoms with Crippen molar-refractivity contribution in [3.05, 3.63) is 34.9 Å². The van der Waals surface area contributed by atoms with Gasteiger partial charge in [-0.15, -0.1) is 0 Å². The summed E-state index contributed by atoms with van der Waals surface area (Å²) in [6.07, 6.45) is 4.48. The monoisotopic (exact) mass is 233 g/mol. The van der Waals surface area contributed by atoms with Gasteiger partial charge < -0.3 is 10.4 Å². The van der Waals surface area contributed by atoms with E-state index in [9.17, 15) is 5.11 Å². The molecule has 1 aromatic rings. The number of aryl methyl sites for hydroxylation is 1. The zero-order valence-electron chi connectivity index (χ0n) is 10.9. The number of hydrogen-bond donors (Lipinski definition) is 2. The summed E-state index contributed by atoms with van der Waals surface area (Å²) in [6, 6.07) is 6.79. The predicted molar refractivity (Wildman–Crippen MR) is 71.2 cm³/mol. The molecule has 2 heteroatoms. The summed E-state index contributed by atoms with van der Waals surface area (Å²) in [7, 11) is 0. The van der Waals surface area contributed by atoms with Gasteiger partial charge in [-0.25, -0.2) is 0 Å². The van der Waals surface area contributed by atoms with Crippen LogP contribution in [0.5, 0.6) is 0 Å². The van der Waals surface area contributed by atoms with Crippen LogP contribution in [0.4, 0.5) is 0 Å². The summed E-state index contributed by atoms with van der Waals surface area (Å²) < 4.78 is 0. The fourth-order valence-corrected chi connectivity index (χ4v) is 2.58. The van der Waals surface area contributed by atoms with E-state index in [1.807, 2.05) is 0 Å². The van der Waals surface area contributed by atoms with Gasteiger partial charge in [0.15, 0.2) is 0 Å². The lowest BCUT2D eigenvalue weighted by molar-refractivity contribution is 0.170. The van der Waals surface area contributed by atoms with Crippen LogP contribution in [0.25, 0.3) is 0 Å². The molecule has 0 heterocycles. The van der Waals surface area contributed by atoms with Gasteiger partial charge in [-0.05, 0) is 42.4 Å². The molecule has 2 nitrogen and oxygen atoms in total. The van der Waals surface area contributed by atoms with Gasteiger partial charge >= 0.3 is 0 Å². The molecule has 17 heavy (non-hydrogen) atoms. The molecule has 0 saturated carbocycles. The number of hydrogen-bond acceptors (Lipinski definition) is 2. The molecule has 0 aliphatic heterocycles. The molecule has 2 rings (SSSR count). The Balaban J connectivity index is 2.14. The maximum absolute atomic E-state index is 10.3. The van der Waals surface area contributed by atoms with E-state index in [0.717, 1.165) is 12.0 Å². The maximum atomic E-state index is 10.3. The Morgan fingerprint density at radius 1 is 1.24 bits per heavy atom. The SMILES string of the molecule is CC(C)NCC(O)c1cccc2c1CCCC2. The number of nitrogens with one attached hydrogen (secondary N) is 1. The van der Waals surface area contributed by atoms with E-state index >= 15 is 0 Å². The van der Waals surface area contributed by atoms with Crippen LogP contribution in [0.15, 0.2) is 18.2 Å². The van der Waals surface area contributed by atoms with Gasteiger partial charge in [0.25, 0.3) is 0 Å². The lowest BCUT2D eigenvalue weighted by atomic mass is 9.86. The Morgan fingerprint density at radius 3 is 2.76 bits per heavy atom. The Hall–Kier alpha value is -0.860. The van der Waals surface area contributed by atoms with Crippen LogP contribution in [0, 0.1) is 0 Å². The fourth-order valence-electron chi connectivity index (χ4n) is 2.58. The number of aliphatic hydroxyl groups is 1. The van der Waals surface area contributed by atoms with Gasteiger partial charge in [-0.2, -0.15) is 0 Å². The summed E-state index contributed by atoms with van der Waals surface area (Å²) in [4.78, 5) is 0. The molecule has 1 aliphatic rings. The van der Waals surface area contributed by atoms with Gasteiger partial charge in [0.1, 0.15) is 0 Å². The van der Waals surface area contributed by atoms with E-state index in [1.54, 1.807) is 0 Å². The average molecular weight is 233 g/mol. The zero-order chi connectivity index (χ0) is 12.3. The normalized spacial score (nSPS) is 16.9. The second-order valence-electron chi connectivity index (χ2n) is 5.27. The number of rotatable bonds is 4. The van der Waals surface area contributed by atoms with Crippen LogP contribution >= 0.6 is 0 Å². The standard InChI is InChI=1S/C15H23NO/c1-11(2)16-10-15(17)14-9-5-7-12-6-3-4-8-13(12)14/h5,7,9,11,15-17H,3-4,6,8,10H2,1-2H3. The molecule has 1 aliphatic carbocycles. The van der Waals surface area contributed by atoms with E-state index in [4.69, 9.17) is 0 Å². The van der Waals surface area contributed by atoms with Crippen LogP contribution in [-0.4, -0.2) is 17.7 Å². The summed E-state index contributed by atoms with van der Waals surface area (Å²) >= 11 is 0. The first-order chi connectivity index (χ1) is 8.18. The van der Waals surface area contributed by atoms with E-state index in [2.05, 4.69) is 37.4 Å². The predicted octanol–water partition coefficient (Wildman–Crippen LogP) is 2.60. The molecule has 0 bridgehead atoms. The van der Waals surface area contributed by atoms with Gasteiger partial charge in [0.2, 0.25) is 0 Å². The largest absolute Gasteiger partial charge is 0.387 e. The third-order valence-corrected chi connectivity index (χ3v) is 3.51. The number of fused-ring (bicyclic) bond motifs is 1. The molecular formula is C15H23NO. The maximum Gasteiger partial charge on any atom is 0.0917 e. The third kappa shape index (κ3) is 3.08. The second-order valence-corrected chi connectivity index (χ2v) is 5.27. The Kier molecular flexibility index (Phi) is 4.19. The van der Waals surface area contributed by atoms with Crippen molar-refractivity contribution in [3.63, 3.8) is 0 Å². The van der Waals surface area contributed by atoms with Crippen molar-refractivity contribution in [2.24, 2.45) is 0 Å². The molecule has 2 N–H and O–H groups in total. The molecule has 0 saturated heterocycles. The molecule has 0 amide bonds. The van der Waals surface area contributed by atoms with Crippen molar-refractivity contribution in [2.75, 3.05) is 6.54 Å². The fraction of sp³-hybridized carbons (Fsp3) is 0.600.